The molecule has 0 aromatic heterocycles. The maximum atomic E-state index is 8.75. The molecule has 5 nitrogen and oxygen atoms in total. The molecular formula is C14H22N4O. The molecule has 0 amide bonds. The molecule has 2 rings (SSSR count). The summed E-state index contributed by atoms with van der Waals surface area (Å²) in [7, 11) is 0. The van der Waals surface area contributed by atoms with Crippen molar-refractivity contribution in [2.75, 3.05) is 19.6 Å². The summed E-state index contributed by atoms with van der Waals surface area (Å²) in [6, 6.07) is 11.0. The Bertz CT molecular complexity index is 421. The fourth-order valence-electron chi connectivity index (χ4n) is 2.45. The third kappa shape index (κ3) is 3.61. The Balaban J connectivity index is 1.98. The summed E-state index contributed by atoms with van der Waals surface area (Å²) in [4.78, 5) is 4.38. The molecule has 1 heterocycles. The van der Waals surface area contributed by atoms with Crippen molar-refractivity contribution in [3.05, 3.63) is 35.9 Å². The zero-order chi connectivity index (χ0) is 13.7. The molecule has 104 valence electrons. The standard InChI is InChI=1S/C14H22N4O/c1-12-7-8-17(14(15)16-19)9-10-18(12)11-13-5-3-2-4-6-13/h2-6,12,19H,7-11H2,1H3,(H2,15,16). The third-order valence-corrected chi connectivity index (χ3v) is 3.75. The van der Waals surface area contributed by atoms with Crippen LogP contribution in [0.5, 0.6) is 0 Å². The predicted octanol–water partition coefficient (Wildman–Crippen LogP) is 1.29. The van der Waals surface area contributed by atoms with Crippen molar-refractivity contribution in [3.8, 4) is 0 Å². The summed E-state index contributed by atoms with van der Waals surface area (Å²) in [6.07, 6.45) is 1.02. The van der Waals surface area contributed by atoms with Crippen LogP contribution in [0.4, 0.5) is 0 Å². The van der Waals surface area contributed by atoms with Gasteiger partial charge in [-0.1, -0.05) is 35.5 Å². The Morgan fingerprint density at radius 2 is 2.05 bits per heavy atom. The summed E-state index contributed by atoms with van der Waals surface area (Å²) in [5, 5.41) is 11.8. The van der Waals surface area contributed by atoms with Gasteiger partial charge in [0.25, 0.3) is 0 Å². The SMILES string of the molecule is CC1CCN(/C(N)=N/O)CCN1Cc1ccccc1. The summed E-state index contributed by atoms with van der Waals surface area (Å²) < 4.78 is 0. The van der Waals surface area contributed by atoms with Crippen molar-refractivity contribution < 1.29 is 5.21 Å². The van der Waals surface area contributed by atoms with Gasteiger partial charge in [0, 0.05) is 32.2 Å². The van der Waals surface area contributed by atoms with Crippen LogP contribution in [0.25, 0.3) is 0 Å². The highest BCUT2D eigenvalue weighted by atomic mass is 16.4. The van der Waals surface area contributed by atoms with Gasteiger partial charge in [-0.05, 0) is 18.9 Å². The Kier molecular flexibility index (Phi) is 4.63. The number of benzene rings is 1. The molecule has 1 aromatic rings. The zero-order valence-corrected chi connectivity index (χ0v) is 11.4. The largest absolute Gasteiger partial charge is 0.408 e. The van der Waals surface area contributed by atoms with Gasteiger partial charge in [0.1, 0.15) is 0 Å². The number of rotatable bonds is 2. The molecule has 0 radical (unpaired) electrons. The second-order valence-corrected chi connectivity index (χ2v) is 5.04. The normalized spacial score (nSPS) is 22.3. The minimum absolute atomic E-state index is 0.216. The van der Waals surface area contributed by atoms with Gasteiger partial charge < -0.3 is 15.8 Å². The average Bonchev–Trinajstić information content (AvgIpc) is 2.62. The molecule has 1 aliphatic rings. The molecule has 1 fully saturated rings. The first-order chi connectivity index (χ1) is 9.20. The third-order valence-electron chi connectivity index (χ3n) is 3.75. The highest BCUT2D eigenvalue weighted by molar-refractivity contribution is 5.77. The van der Waals surface area contributed by atoms with Crippen molar-refractivity contribution >= 4 is 5.96 Å². The van der Waals surface area contributed by atoms with Gasteiger partial charge in [0.05, 0.1) is 0 Å². The van der Waals surface area contributed by atoms with Gasteiger partial charge in [-0.15, -0.1) is 0 Å². The Morgan fingerprint density at radius 3 is 2.74 bits per heavy atom. The number of nitrogens with zero attached hydrogens (tertiary/aromatic N) is 3. The first kappa shape index (κ1) is 13.7. The van der Waals surface area contributed by atoms with E-state index in [1.165, 1.54) is 5.56 Å². The van der Waals surface area contributed by atoms with Crippen LogP contribution in [0.15, 0.2) is 35.5 Å². The van der Waals surface area contributed by atoms with Crippen molar-refractivity contribution in [2.24, 2.45) is 10.9 Å². The number of hydrogen-bond donors (Lipinski definition) is 2. The molecule has 1 aromatic carbocycles. The van der Waals surface area contributed by atoms with Crippen LogP contribution >= 0.6 is 0 Å². The van der Waals surface area contributed by atoms with Crippen LogP contribution in [-0.4, -0.2) is 46.6 Å². The molecule has 1 aliphatic heterocycles. The molecule has 5 heteroatoms. The highest BCUT2D eigenvalue weighted by Crippen LogP contribution is 2.14. The van der Waals surface area contributed by atoms with Crippen molar-refractivity contribution in [1.82, 2.24) is 9.80 Å². The Hall–Kier alpha value is -1.75. The number of hydrogen-bond acceptors (Lipinski definition) is 3. The molecule has 0 bridgehead atoms. The van der Waals surface area contributed by atoms with E-state index in [2.05, 4.69) is 41.2 Å². The Labute approximate surface area is 114 Å². The lowest BCUT2D eigenvalue weighted by Crippen LogP contribution is -2.40. The van der Waals surface area contributed by atoms with Crippen LogP contribution in [0.3, 0.4) is 0 Å². The Morgan fingerprint density at radius 1 is 1.32 bits per heavy atom. The first-order valence-electron chi connectivity index (χ1n) is 6.71. The van der Waals surface area contributed by atoms with Gasteiger partial charge in [-0.25, -0.2) is 0 Å². The minimum Gasteiger partial charge on any atom is -0.408 e. The molecule has 1 unspecified atom stereocenters. The zero-order valence-electron chi connectivity index (χ0n) is 11.4. The van der Waals surface area contributed by atoms with E-state index in [1.54, 1.807) is 0 Å². The molecule has 1 atom stereocenters. The van der Waals surface area contributed by atoms with Gasteiger partial charge in [0.15, 0.2) is 0 Å². The smallest absolute Gasteiger partial charge is 0.233 e. The van der Waals surface area contributed by atoms with Crippen LogP contribution in [0.1, 0.15) is 18.9 Å². The quantitative estimate of drug-likeness (QED) is 0.365. The topological polar surface area (TPSA) is 65.1 Å². The van der Waals surface area contributed by atoms with E-state index < -0.39 is 0 Å². The van der Waals surface area contributed by atoms with E-state index in [9.17, 15) is 0 Å². The molecule has 19 heavy (non-hydrogen) atoms. The fraction of sp³-hybridized carbons (Fsp3) is 0.500. The number of nitrogens with two attached hydrogens (primary N) is 1. The number of oxime groups is 1. The van der Waals surface area contributed by atoms with Crippen LogP contribution in [0, 0.1) is 0 Å². The molecule has 3 N–H and O–H groups in total. The second kappa shape index (κ2) is 6.43. The molecule has 0 aliphatic carbocycles. The minimum atomic E-state index is 0.216. The molecular weight excluding hydrogens is 240 g/mol. The maximum Gasteiger partial charge on any atom is 0.233 e. The lowest BCUT2D eigenvalue weighted by molar-refractivity contribution is 0.209. The van der Waals surface area contributed by atoms with Crippen LogP contribution in [-0.2, 0) is 6.54 Å². The van der Waals surface area contributed by atoms with Gasteiger partial charge in [0.2, 0.25) is 5.96 Å². The predicted molar refractivity (Wildman–Crippen MR) is 75.9 cm³/mol. The summed E-state index contributed by atoms with van der Waals surface area (Å²) >= 11 is 0. The molecule has 0 saturated carbocycles. The van der Waals surface area contributed by atoms with Crippen molar-refractivity contribution in [3.63, 3.8) is 0 Å². The fourth-order valence-corrected chi connectivity index (χ4v) is 2.45. The molecule has 1 saturated heterocycles. The number of guanidine groups is 1. The van der Waals surface area contributed by atoms with Gasteiger partial charge in [-0.2, -0.15) is 0 Å². The average molecular weight is 262 g/mol. The molecule has 0 spiro atoms. The van der Waals surface area contributed by atoms with Crippen LogP contribution < -0.4 is 5.73 Å². The summed E-state index contributed by atoms with van der Waals surface area (Å²) in [5.74, 6) is 0.216. The lowest BCUT2D eigenvalue weighted by Gasteiger charge is -2.26. The van der Waals surface area contributed by atoms with Gasteiger partial charge in [-0.3, -0.25) is 4.90 Å². The van der Waals surface area contributed by atoms with Crippen LogP contribution in [0.2, 0.25) is 0 Å². The summed E-state index contributed by atoms with van der Waals surface area (Å²) in [5.41, 5.74) is 6.99. The second-order valence-electron chi connectivity index (χ2n) is 5.04. The van der Waals surface area contributed by atoms with E-state index in [4.69, 9.17) is 10.9 Å². The van der Waals surface area contributed by atoms with Crippen molar-refractivity contribution in [2.45, 2.75) is 25.9 Å². The van der Waals surface area contributed by atoms with E-state index >= 15 is 0 Å². The summed E-state index contributed by atoms with van der Waals surface area (Å²) in [6.45, 7) is 5.74. The monoisotopic (exact) mass is 262 g/mol. The first-order valence-corrected chi connectivity index (χ1v) is 6.71. The van der Waals surface area contributed by atoms with E-state index in [1.807, 2.05) is 11.0 Å². The van der Waals surface area contributed by atoms with Crippen molar-refractivity contribution in [1.29, 1.82) is 0 Å². The van der Waals surface area contributed by atoms with E-state index in [0.29, 0.717) is 6.04 Å². The van der Waals surface area contributed by atoms with E-state index in [0.717, 1.165) is 32.6 Å². The maximum absolute atomic E-state index is 8.75. The lowest BCUT2D eigenvalue weighted by atomic mass is 10.1. The highest BCUT2D eigenvalue weighted by Gasteiger charge is 2.21. The van der Waals surface area contributed by atoms with Gasteiger partial charge >= 0.3 is 0 Å². The van der Waals surface area contributed by atoms with E-state index in [-0.39, 0.29) is 5.96 Å².